The van der Waals surface area contributed by atoms with Crippen LogP contribution >= 0.6 is 0 Å². The van der Waals surface area contributed by atoms with Gasteiger partial charge in [-0.05, 0) is 0 Å². The minimum atomic E-state index is -4.56. The molecule has 0 aromatic carbocycles. The molecule has 3 aliphatic heterocycles. The molecule has 3 saturated heterocycles. The second-order valence-electron chi connectivity index (χ2n) is 16.9. The molecular weight excluding hydrogens is 952 g/mol. The SMILES string of the molecule is CN(CC(=O)N1C[C@@H](O)[C@@H](O)[C@H](O)[C@H]1CO)C(=N)NC(C(=O)O)C(O)(C(=O)O)C(NC(=N)N(C)CC(=O)N1C[C@@H](O)[C@@H](O)[C@H](O)[C@H]1CO)(NC(=N)N(C)CC(=O)N1C[C@@H](O)[C@@H](O)[C@H](O)[C@H]1CO)C(=O)O. The van der Waals surface area contributed by atoms with Gasteiger partial charge in [-0.3, -0.25) is 30.6 Å². The third-order valence-electron chi connectivity index (χ3n) is 12.3. The van der Waals surface area contributed by atoms with Crippen LogP contribution < -0.4 is 16.0 Å². The number of carboxylic acid groups (broad SMARTS) is 3. The first-order valence-electron chi connectivity index (χ1n) is 20.9. The van der Waals surface area contributed by atoms with Gasteiger partial charge in [0.25, 0.3) is 5.66 Å². The zero-order chi connectivity index (χ0) is 53.7. The summed E-state index contributed by atoms with van der Waals surface area (Å²) >= 11 is 0. The number of nitrogens with zero attached hydrogens (tertiary/aromatic N) is 6. The smallest absolute Gasteiger partial charge is 0.354 e. The molecule has 0 radical (unpaired) electrons. The molecule has 2 unspecified atom stereocenters. The summed E-state index contributed by atoms with van der Waals surface area (Å²) in [5.41, 5.74) is -8.76. The summed E-state index contributed by atoms with van der Waals surface area (Å²) in [5.74, 6) is -15.4. The van der Waals surface area contributed by atoms with Crippen LogP contribution in [0.4, 0.5) is 0 Å². The minimum absolute atomic E-state index is 0.493. The lowest BCUT2D eigenvalue weighted by atomic mass is 9.79. The normalized spacial score (nSPS) is 30.1. The van der Waals surface area contributed by atoms with E-state index in [2.05, 4.69) is 0 Å². The van der Waals surface area contributed by atoms with E-state index >= 15 is 0 Å². The van der Waals surface area contributed by atoms with Crippen molar-refractivity contribution in [3.63, 3.8) is 0 Å². The van der Waals surface area contributed by atoms with E-state index in [1.165, 1.54) is 0 Å². The number of nitrogens with one attached hydrogen (secondary N) is 6. The lowest BCUT2D eigenvalue weighted by Crippen LogP contribution is -2.86. The Labute approximate surface area is 395 Å². The van der Waals surface area contributed by atoms with Gasteiger partial charge in [-0.15, -0.1) is 0 Å². The number of hydrogen-bond acceptors (Lipinski definition) is 22. The number of carbonyl (C=O) groups is 6. The maximum atomic E-state index is 13.6. The second kappa shape index (κ2) is 23.3. The Morgan fingerprint density at radius 2 is 0.814 bits per heavy atom. The van der Waals surface area contributed by atoms with Gasteiger partial charge >= 0.3 is 17.9 Å². The molecule has 0 bridgehead atoms. The molecule has 3 heterocycles. The average molecular weight is 1010 g/mol. The van der Waals surface area contributed by atoms with Gasteiger partial charge in [-0.1, -0.05) is 0 Å². The molecule has 3 rings (SSSR count). The first kappa shape index (κ1) is 58.4. The number of hydrogen-bond donors (Lipinski definition) is 22. The van der Waals surface area contributed by atoms with Crippen LogP contribution in [-0.4, -0.2) is 335 Å². The van der Waals surface area contributed by atoms with Crippen molar-refractivity contribution >= 4 is 53.5 Å². The summed E-state index contributed by atoms with van der Waals surface area (Å²) in [5, 5.41) is 197. The molecule has 0 aromatic rings. The van der Waals surface area contributed by atoms with Crippen LogP contribution in [0.3, 0.4) is 0 Å². The highest BCUT2D eigenvalue weighted by atomic mass is 16.4. The molecule has 14 atom stereocenters. The number of β-amino-alcohol motifs (C(OH)–C–C–N with tert-alkyl or cyclic N) is 3. The molecule has 0 aliphatic carbocycles. The molecule has 34 heteroatoms. The van der Waals surface area contributed by atoms with Gasteiger partial charge in [-0.25, -0.2) is 14.4 Å². The van der Waals surface area contributed by atoms with Gasteiger partial charge in [0.15, 0.2) is 23.9 Å². The highest BCUT2D eigenvalue weighted by Crippen LogP contribution is 2.29. The number of likely N-dealkylation sites (tertiary alicyclic amines) is 3. The molecule has 3 amide bonds. The van der Waals surface area contributed by atoms with Crippen molar-refractivity contribution in [2.24, 2.45) is 0 Å². The Bertz CT molecular complexity index is 1900. The minimum Gasteiger partial charge on any atom is -0.480 e. The van der Waals surface area contributed by atoms with Crippen molar-refractivity contribution in [3.05, 3.63) is 0 Å². The number of piperidine rings is 3. The molecule has 0 spiro atoms. The van der Waals surface area contributed by atoms with E-state index in [0.29, 0.717) is 29.4 Å². The number of carbonyl (C=O) groups excluding carboxylic acids is 3. The van der Waals surface area contributed by atoms with Crippen LogP contribution in [0, 0.1) is 16.2 Å². The summed E-state index contributed by atoms with van der Waals surface area (Å²) in [6, 6.07) is -7.96. The fourth-order valence-electron chi connectivity index (χ4n) is 7.98. The Morgan fingerprint density at radius 3 is 1.06 bits per heavy atom. The molecular formula is C36H62N12O22. The van der Waals surface area contributed by atoms with Crippen molar-refractivity contribution in [2.75, 3.05) is 80.2 Å². The Kier molecular flexibility index (Phi) is 19.5. The number of carboxylic acids is 3. The summed E-state index contributed by atoms with van der Waals surface area (Å²) in [6.07, 6.45) is -16.4. The number of rotatable bonds is 17. The molecule has 0 saturated carbocycles. The summed E-state index contributed by atoms with van der Waals surface area (Å²) in [4.78, 5) is 83.9. The van der Waals surface area contributed by atoms with Crippen molar-refractivity contribution in [1.29, 1.82) is 16.2 Å². The quantitative estimate of drug-likeness (QED) is 0.0365. The standard InChI is InChI=1S/C36H62N12O22/c1-43(7-19(55)46-4-16(52)25(61)22(58)13(46)10-49)32(37)40-28(29(64)65)35(70,30(66)67)36(31(68)69,41-33(38)44(2)8-20(56)47-5-17(53)26(62)23(59)14(47)11-50)42-34(39)45(3)9-21(57)48-6-18(54)27(63)24(60)15(48)12-51/h13-18,22-28,49-54,58-63,70H,4-12H2,1-3H3,(H2,37,40)(H2,38,41)(H2,39,42)(H,64,65)(H,66,67)(H,68,69)/t13-,14-,15-,16-,17-,18-,22-,23-,24-,25-,26-,27-,28?,35?/m1/s1. The Balaban J connectivity index is 2.11. The number of aliphatic hydroxyl groups excluding tert-OH is 12. The Hall–Kier alpha value is -5.89. The number of aliphatic carboxylic acids is 3. The van der Waals surface area contributed by atoms with E-state index in [9.17, 15) is 110 Å². The van der Waals surface area contributed by atoms with E-state index in [1.807, 2.05) is 0 Å². The second-order valence-corrected chi connectivity index (χ2v) is 16.9. The predicted octanol–water partition coefficient (Wildman–Crippen LogP) is -13.7. The van der Waals surface area contributed by atoms with Crippen LogP contribution in [0.2, 0.25) is 0 Å². The third kappa shape index (κ3) is 11.6. The molecule has 0 aromatic heterocycles. The van der Waals surface area contributed by atoms with Gasteiger partial charge in [0.1, 0.15) is 54.9 Å². The Morgan fingerprint density at radius 1 is 0.529 bits per heavy atom. The largest absolute Gasteiger partial charge is 0.480 e. The van der Waals surface area contributed by atoms with Crippen molar-refractivity contribution in [3.8, 4) is 0 Å². The van der Waals surface area contributed by atoms with Crippen molar-refractivity contribution < 1.29 is 110 Å². The van der Waals surface area contributed by atoms with E-state index in [0.717, 1.165) is 21.1 Å². The first-order valence-corrected chi connectivity index (χ1v) is 20.9. The van der Waals surface area contributed by atoms with E-state index in [-0.39, 0.29) is 0 Å². The van der Waals surface area contributed by atoms with Crippen LogP contribution in [0.5, 0.6) is 0 Å². The maximum absolute atomic E-state index is 13.6. The number of guanidine groups is 3. The zero-order valence-corrected chi connectivity index (χ0v) is 37.7. The van der Waals surface area contributed by atoms with Crippen molar-refractivity contribution in [2.45, 2.75) is 90.4 Å². The van der Waals surface area contributed by atoms with Crippen LogP contribution in [0.15, 0.2) is 0 Å². The highest BCUT2D eigenvalue weighted by Gasteiger charge is 2.70. The van der Waals surface area contributed by atoms with Gasteiger partial charge in [0.05, 0.1) is 57.6 Å². The number of likely N-dealkylation sites (N-methyl/N-ethyl adjacent to an activating group) is 3. The highest BCUT2D eigenvalue weighted by molar-refractivity contribution is 6.03. The van der Waals surface area contributed by atoms with E-state index in [4.69, 9.17) is 16.2 Å². The monoisotopic (exact) mass is 1010 g/mol. The number of aliphatic hydroxyl groups is 13. The molecule has 22 N–H and O–H groups in total. The molecule has 70 heavy (non-hydrogen) atoms. The lowest BCUT2D eigenvalue weighted by Gasteiger charge is -2.47. The van der Waals surface area contributed by atoms with Crippen LogP contribution in [0.25, 0.3) is 0 Å². The number of amides is 3. The summed E-state index contributed by atoms with van der Waals surface area (Å²) < 4.78 is 0. The van der Waals surface area contributed by atoms with Crippen LogP contribution in [-0.2, 0) is 28.8 Å². The average Bonchev–Trinajstić information content (AvgIpc) is 3.29. The first-order chi connectivity index (χ1) is 32.4. The molecule has 3 aliphatic rings. The summed E-state index contributed by atoms with van der Waals surface area (Å²) in [6.45, 7) is -8.21. The van der Waals surface area contributed by atoms with Crippen LogP contribution in [0.1, 0.15) is 0 Å². The molecule has 34 nitrogen and oxygen atoms in total. The van der Waals surface area contributed by atoms with Gasteiger partial charge in [0.2, 0.25) is 23.3 Å². The van der Waals surface area contributed by atoms with Crippen molar-refractivity contribution in [1.82, 2.24) is 45.3 Å². The lowest BCUT2D eigenvalue weighted by molar-refractivity contribution is -0.189. The van der Waals surface area contributed by atoms with Gasteiger partial charge < -0.3 is 127 Å². The maximum Gasteiger partial charge on any atom is 0.354 e. The molecule has 398 valence electrons. The fourth-order valence-corrected chi connectivity index (χ4v) is 7.98. The van der Waals surface area contributed by atoms with E-state index in [1.54, 1.807) is 16.0 Å². The zero-order valence-electron chi connectivity index (χ0n) is 37.7. The summed E-state index contributed by atoms with van der Waals surface area (Å²) in [7, 11) is 2.63. The fraction of sp³-hybridized carbons (Fsp3) is 0.750. The van der Waals surface area contributed by atoms with Gasteiger partial charge in [0, 0.05) is 40.8 Å². The predicted molar refractivity (Wildman–Crippen MR) is 227 cm³/mol. The topological polar surface area (TPSA) is 553 Å². The third-order valence-corrected chi connectivity index (χ3v) is 12.3. The molecule has 3 fully saturated rings. The van der Waals surface area contributed by atoms with E-state index < -0.39 is 203 Å². The van der Waals surface area contributed by atoms with Gasteiger partial charge in [-0.2, -0.15) is 0 Å².